The molecule has 4 unspecified atom stereocenters. The summed E-state index contributed by atoms with van der Waals surface area (Å²) in [6, 6.07) is 5.41. The van der Waals surface area contributed by atoms with Gasteiger partial charge in [0.1, 0.15) is 5.82 Å². The second-order valence-electron chi connectivity index (χ2n) is 7.17. The van der Waals surface area contributed by atoms with Gasteiger partial charge in [-0.3, -0.25) is 0 Å². The molecule has 2 saturated carbocycles. The maximum Gasteiger partial charge on any atom is 0.142 e. The van der Waals surface area contributed by atoms with Crippen molar-refractivity contribution < 1.29 is 4.39 Å². The van der Waals surface area contributed by atoms with Crippen LogP contribution in [0.15, 0.2) is 18.2 Å². The van der Waals surface area contributed by atoms with Crippen molar-refractivity contribution in [1.29, 1.82) is 0 Å². The lowest BCUT2D eigenvalue weighted by molar-refractivity contribution is 0.114. The van der Waals surface area contributed by atoms with Crippen molar-refractivity contribution in [2.45, 2.75) is 64.2 Å². The molecule has 0 spiro atoms. The van der Waals surface area contributed by atoms with Crippen LogP contribution in [0.5, 0.6) is 0 Å². The Hall–Kier alpha value is -0.560. The summed E-state index contributed by atoms with van der Waals surface area (Å²) in [6.45, 7) is 2.30. The fourth-order valence-electron chi connectivity index (χ4n) is 4.73. The van der Waals surface area contributed by atoms with Gasteiger partial charge in [0.05, 0.1) is 5.02 Å². The minimum atomic E-state index is -0.261. The van der Waals surface area contributed by atoms with Crippen molar-refractivity contribution in [3.63, 3.8) is 0 Å². The Kier molecular flexibility index (Phi) is 4.88. The summed E-state index contributed by atoms with van der Waals surface area (Å²) >= 11 is 5.80. The summed E-state index contributed by atoms with van der Waals surface area (Å²) in [7, 11) is 0. The van der Waals surface area contributed by atoms with Gasteiger partial charge in [-0.15, -0.1) is 0 Å². The van der Waals surface area contributed by atoms with Crippen LogP contribution in [-0.2, 0) is 0 Å². The Morgan fingerprint density at radius 1 is 1.10 bits per heavy atom. The van der Waals surface area contributed by atoms with E-state index in [9.17, 15) is 4.39 Å². The largest absolute Gasteiger partial charge is 0.205 e. The number of benzene rings is 1. The van der Waals surface area contributed by atoms with Crippen LogP contribution >= 0.6 is 11.6 Å². The molecule has 116 valence electrons. The molecule has 0 nitrogen and oxygen atoms in total. The van der Waals surface area contributed by atoms with Crippen LogP contribution in [0.2, 0.25) is 5.02 Å². The molecule has 1 aromatic rings. The third-order valence-corrected chi connectivity index (χ3v) is 6.14. The molecule has 0 amide bonds. The summed E-state index contributed by atoms with van der Waals surface area (Å²) in [5.41, 5.74) is 1.16. The van der Waals surface area contributed by atoms with Gasteiger partial charge >= 0.3 is 0 Å². The number of fused-ring (bicyclic) bond motifs is 1. The first-order valence-electron chi connectivity index (χ1n) is 8.62. The zero-order valence-electron chi connectivity index (χ0n) is 13.0. The highest BCUT2D eigenvalue weighted by molar-refractivity contribution is 6.30. The monoisotopic (exact) mass is 308 g/mol. The fourth-order valence-corrected chi connectivity index (χ4v) is 4.84. The first kappa shape index (κ1) is 15.3. The molecule has 0 bridgehead atoms. The predicted octanol–water partition coefficient (Wildman–Crippen LogP) is 6.58. The van der Waals surface area contributed by atoms with Gasteiger partial charge in [0.2, 0.25) is 0 Å². The van der Waals surface area contributed by atoms with Crippen molar-refractivity contribution in [2.24, 2.45) is 17.8 Å². The maximum atomic E-state index is 13.7. The second-order valence-corrected chi connectivity index (χ2v) is 7.58. The normalized spacial score (nSPS) is 32.7. The number of hydrogen-bond acceptors (Lipinski definition) is 0. The quantitative estimate of drug-likeness (QED) is 0.591. The highest BCUT2D eigenvalue weighted by Crippen LogP contribution is 2.48. The molecule has 1 aromatic carbocycles. The van der Waals surface area contributed by atoms with Crippen LogP contribution in [0.3, 0.4) is 0 Å². The minimum absolute atomic E-state index is 0.243. The van der Waals surface area contributed by atoms with Crippen LogP contribution in [0, 0.1) is 23.6 Å². The van der Waals surface area contributed by atoms with Crippen LogP contribution < -0.4 is 0 Å². The van der Waals surface area contributed by atoms with E-state index in [-0.39, 0.29) is 10.8 Å². The van der Waals surface area contributed by atoms with E-state index in [0.717, 1.165) is 23.3 Å². The van der Waals surface area contributed by atoms with Gasteiger partial charge in [-0.1, -0.05) is 43.9 Å². The van der Waals surface area contributed by atoms with Gasteiger partial charge in [0.15, 0.2) is 0 Å². The highest BCUT2D eigenvalue weighted by Gasteiger charge is 2.35. The summed E-state index contributed by atoms with van der Waals surface area (Å²) in [4.78, 5) is 0. The standard InChI is InChI=1S/C19H26ClF/c1-2-3-13-4-5-15-11-16(7-6-14(15)10-13)17-8-9-18(20)19(21)12-17/h8-9,12-16H,2-7,10-11H2,1H3. The van der Waals surface area contributed by atoms with Gasteiger partial charge in [0, 0.05) is 0 Å². The molecule has 3 rings (SSSR count). The Morgan fingerprint density at radius 2 is 1.86 bits per heavy atom. The number of halogens is 2. The minimum Gasteiger partial charge on any atom is -0.205 e. The lowest BCUT2D eigenvalue weighted by atomic mass is 9.63. The SMILES string of the molecule is CCCC1CCC2CC(c3ccc(Cl)c(F)c3)CCC2C1. The van der Waals surface area contributed by atoms with E-state index in [4.69, 9.17) is 11.6 Å². The smallest absolute Gasteiger partial charge is 0.142 e. The van der Waals surface area contributed by atoms with Gasteiger partial charge in [0.25, 0.3) is 0 Å². The summed E-state index contributed by atoms with van der Waals surface area (Å²) in [5.74, 6) is 3.06. The summed E-state index contributed by atoms with van der Waals surface area (Å²) < 4.78 is 13.7. The van der Waals surface area contributed by atoms with E-state index in [1.807, 2.05) is 6.07 Å². The average Bonchev–Trinajstić information content (AvgIpc) is 2.50. The molecule has 2 aliphatic carbocycles. The van der Waals surface area contributed by atoms with E-state index in [0.29, 0.717) is 5.92 Å². The molecule has 2 aliphatic rings. The van der Waals surface area contributed by atoms with Gasteiger partial charge in [-0.05, 0) is 73.5 Å². The Bertz CT molecular complexity index is 484. The molecule has 0 radical (unpaired) electrons. The van der Waals surface area contributed by atoms with E-state index in [1.54, 1.807) is 12.1 Å². The molecule has 0 heterocycles. The molecule has 0 saturated heterocycles. The molecule has 2 fully saturated rings. The van der Waals surface area contributed by atoms with Gasteiger partial charge in [-0.25, -0.2) is 4.39 Å². The van der Waals surface area contributed by atoms with Crippen molar-refractivity contribution >= 4 is 11.6 Å². The van der Waals surface area contributed by atoms with E-state index in [1.165, 1.54) is 51.4 Å². The number of rotatable bonds is 3. The fraction of sp³-hybridized carbons (Fsp3) is 0.684. The van der Waals surface area contributed by atoms with E-state index in [2.05, 4.69) is 6.92 Å². The molecular formula is C19H26ClF. The predicted molar refractivity (Wildman–Crippen MR) is 87.2 cm³/mol. The van der Waals surface area contributed by atoms with Crippen LogP contribution in [0.25, 0.3) is 0 Å². The first-order valence-corrected chi connectivity index (χ1v) is 9.00. The van der Waals surface area contributed by atoms with Gasteiger partial charge < -0.3 is 0 Å². The molecule has 0 N–H and O–H groups in total. The third-order valence-electron chi connectivity index (χ3n) is 5.83. The lowest BCUT2D eigenvalue weighted by Crippen LogP contribution is -2.30. The molecule has 0 aromatic heterocycles. The second kappa shape index (κ2) is 6.69. The Balaban J connectivity index is 1.64. The van der Waals surface area contributed by atoms with Crippen molar-refractivity contribution in [3.8, 4) is 0 Å². The lowest BCUT2D eigenvalue weighted by Gasteiger charge is -2.42. The zero-order chi connectivity index (χ0) is 14.8. The van der Waals surface area contributed by atoms with Crippen LogP contribution in [0.1, 0.15) is 69.8 Å². The van der Waals surface area contributed by atoms with Crippen LogP contribution in [-0.4, -0.2) is 0 Å². The number of hydrogen-bond donors (Lipinski definition) is 0. The van der Waals surface area contributed by atoms with Crippen molar-refractivity contribution in [2.75, 3.05) is 0 Å². The molecule has 2 heteroatoms. The van der Waals surface area contributed by atoms with E-state index >= 15 is 0 Å². The molecule has 21 heavy (non-hydrogen) atoms. The summed E-state index contributed by atoms with van der Waals surface area (Å²) in [6.07, 6.45) is 10.8. The first-order chi connectivity index (χ1) is 10.2. The van der Waals surface area contributed by atoms with Gasteiger partial charge in [-0.2, -0.15) is 0 Å². The van der Waals surface area contributed by atoms with Crippen LogP contribution in [0.4, 0.5) is 4.39 Å². The molecule has 4 atom stereocenters. The Morgan fingerprint density at radius 3 is 2.62 bits per heavy atom. The average molecular weight is 309 g/mol. The third kappa shape index (κ3) is 3.44. The van der Waals surface area contributed by atoms with Crippen molar-refractivity contribution in [1.82, 2.24) is 0 Å². The molecular weight excluding hydrogens is 283 g/mol. The topological polar surface area (TPSA) is 0 Å². The van der Waals surface area contributed by atoms with E-state index < -0.39 is 0 Å². The maximum absolute atomic E-state index is 13.7. The zero-order valence-corrected chi connectivity index (χ0v) is 13.7. The Labute approximate surface area is 133 Å². The summed E-state index contributed by atoms with van der Waals surface area (Å²) in [5, 5.41) is 0.243. The highest BCUT2D eigenvalue weighted by atomic mass is 35.5. The van der Waals surface area contributed by atoms with Crippen molar-refractivity contribution in [3.05, 3.63) is 34.6 Å². The molecule has 0 aliphatic heterocycles.